The smallest absolute Gasteiger partial charge is 0.124 e. The Morgan fingerprint density at radius 2 is 1.12 bits per heavy atom. The van der Waals surface area contributed by atoms with Gasteiger partial charge in [-0.3, -0.25) is 0 Å². The summed E-state index contributed by atoms with van der Waals surface area (Å²) in [6.07, 6.45) is 0. The van der Waals surface area contributed by atoms with E-state index in [2.05, 4.69) is 36.4 Å². The van der Waals surface area contributed by atoms with E-state index in [0.717, 1.165) is 10.1 Å². The molecule has 16 heavy (non-hydrogen) atoms. The lowest BCUT2D eigenvalue weighted by Crippen LogP contribution is -1.76. The molecule has 2 rings (SSSR count). The monoisotopic (exact) mass is 288 g/mol. The Labute approximate surface area is 112 Å². The van der Waals surface area contributed by atoms with Crippen LogP contribution in [0.3, 0.4) is 0 Å². The van der Waals surface area contributed by atoms with E-state index in [0.29, 0.717) is 0 Å². The predicted molar refractivity (Wildman–Crippen MR) is 74.9 cm³/mol. The van der Waals surface area contributed by atoms with Crippen molar-refractivity contribution in [2.75, 3.05) is 0 Å². The zero-order valence-electron chi connectivity index (χ0n) is 9.53. The van der Waals surface area contributed by atoms with Crippen LogP contribution in [0.25, 0.3) is 0 Å². The van der Waals surface area contributed by atoms with Gasteiger partial charge in [-0.2, -0.15) is 8.75 Å². The first-order valence-corrected chi connectivity index (χ1v) is 8.49. The molecule has 0 radical (unpaired) electrons. The van der Waals surface area contributed by atoms with Crippen LogP contribution in [0.2, 0.25) is 0 Å². The zero-order valence-corrected chi connectivity index (χ0v) is 12.8. The van der Waals surface area contributed by atoms with Crippen molar-refractivity contribution in [1.82, 2.24) is 8.75 Å². The lowest BCUT2D eigenvalue weighted by Gasteiger charge is -1.97. The summed E-state index contributed by atoms with van der Waals surface area (Å²) >= 11 is 3.15. The third-order valence-electron chi connectivity index (χ3n) is 2.43. The van der Waals surface area contributed by atoms with Crippen LogP contribution in [-0.4, -0.2) is 8.75 Å². The molecule has 0 aliphatic carbocycles. The SMILES string of the molecule is Cc1snc(SSc2nsc(C)c2C)c1C. The van der Waals surface area contributed by atoms with Crippen LogP contribution < -0.4 is 0 Å². The van der Waals surface area contributed by atoms with Gasteiger partial charge in [0.25, 0.3) is 0 Å². The van der Waals surface area contributed by atoms with Gasteiger partial charge in [0.1, 0.15) is 10.1 Å². The molecule has 0 aliphatic heterocycles. The van der Waals surface area contributed by atoms with Crippen LogP contribution in [0.4, 0.5) is 0 Å². The molecule has 0 amide bonds. The molecule has 0 atom stereocenters. The van der Waals surface area contributed by atoms with E-state index < -0.39 is 0 Å². The van der Waals surface area contributed by atoms with Gasteiger partial charge in [0.2, 0.25) is 0 Å². The summed E-state index contributed by atoms with van der Waals surface area (Å²) in [5.41, 5.74) is 2.60. The van der Waals surface area contributed by atoms with Crippen molar-refractivity contribution in [1.29, 1.82) is 0 Å². The molecule has 2 nitrogen and oxygen atoms in total. The fourth-order valence-corrected chi connectivity index (χ4v) is 5.29. The highest BCUT2D eigenvalue weighted by Crippen LogP contribution is 2.41. The lowest BCUT2D eigenvalue weighted by molar-refractivity contribution is 1.19. The number of aromatic nitrogens is 2. The van der Waals surface area contributed by atoms with E-state index in [9.17, 15) is 0 Å². The van der Waals surface area contributed by atoms with E-state index in [1.807, 2.05) is 0 Å². The highest BCUT2D eigenvalue weighted by molar-refractivity contribution is 8.76. The van der Waals surface area contributed by atoms with Crippen molar-refractivity contribution in [2.24, 2.45) is 0 Å². The Morgan fingerprint density at radius 1 is 0.750 bits per heavy atom. The van der Waals surface area contributed by atoms with Gasteiger partial charge in [-0.1, -0.05) is 0 Å². The Morgan fingerprint density at radius 3 is 1.38 bits per heavy atom. The van der Waals surface area contributed by atoms with Crippen molar-refractivity contribution >= 4 is 44.7 Å². The molecule has 2 aromatic heterocycles. The summed E-state index contributed by atoms with van der Waals surface area (Å²) in [6.45, 7) is 8.47. The summed E-state index contributed by atoms with van der Waals surface area (Å²) in [7, 11) is 3.42. The maximum Gasteiger partial charge on any atom is 0.124 e. The maximum absolute atomic E-state index is 4.43. The van der Waals surface area contributed by atoms with E-state index in [1.54, 1.807) is 44.7 Å². The van der Waals surface area contributed by atoms with E-state index in [1.165, 1.54) is 20.9 Å². The van der Waals surface area contributed by atoms with Crippen LogP contribution in [0.5, 0.6) is 0 Å². The van der Waals surface area contributed by atoms with Crippen molar-refractivity contribution in [3.05, 3.63) is 20.9 Å². The average Bonchev–Trinajstić information content (AvgIpc) is 2.74. The highest BCUT2D eigenvalue weighted by atomic mass is 33.1. The van der Waals surface area contributed by atoms with E-state index in [-0.39, 0.29) is 0 Å². The number of nitrogens with zero attached hydrogens (tertiary/aromatic N) is 2. The molecule has 0 N–H and O–H groups in total. The second-order valence-electron chi connectivity index (χ2n) is 3.50. The van der Waals surface area contributed by atoms with Crippen LogP contribution in [0.15, 0.2) is 10.1 Å². The van der Waals surface area contributed by atoms with Crippen LogP contribution >= 0.6 is 44.7 Å². The lowest BCUT2D eigenvalue weighted by atomic mass is 10.3. The number of hydrogen-bond donors (Lipinski definition) is 0. The number of hydrogen-bond acceptors (Lipinski definition) is 6. The molecule has 0 saturated carbocycles. The average molecular weight is 288 g/mol. The minimum atomic E-state index is 1.12. The summed E-state index contributed by atoms with van der Waals surface area (Å²) in [4.78, 5) is 2.60. The first-order chi connectivity index (χ1) is 7.59. The van der Waals surface area contributed by atoms with Gasteiger partial charge >= 0.3 is 0 Å². The summed E-state index contributed by atoms with van der Waals surface area (Å²) in [5.74, 6) is 0. The molecule has 0 aliphatic rings. The van der Waals surface area contributed by atoms with Gasteiger partial charge in [0, 0.05) is 9.75 Å². The van der Waals surface area contributed by atoms with Gasteiger partial charge in [0.15, 0.2) is 0 Å². The number of aryl methyl sites for hydroxylation is 2. The standard InChI is InChI=1S/C10H12N2S4/c1-5-7(3)13-11-9(5)15-16-10-6(2)8(4)14-12-10/h1-4H3. The molecule has 0 aromatic carbocycles. The molecule has 0 bridgehead atoms. The van der Waals surface area contributed by atoms with Gasteiger partial charge in [-0.15, -0.1) is 0 Å². The molecule has 86 valence electrons. The minimum Gasteiger partial charge on any atom is -0.185 e. The van der Waals surface area contributed by atoms with Crippen LogP contribution in [0, 0.1) is 27.7 Å². The Hall–Kier alpha value is -0.0400. The quantitative estimate of drug-likeness (QED) is 0.769. The zero-order chi connectivity index (χ0) is 11.7. The highest BCUT2D eigenvalue weighted by Gasteiger charge is 2.11. The molecule has 0 spiro atoms. The van der Waals surface area contributed by atoms with Crippen LogP contribution in [0.1, 0.15) is 20.9 Å². The topological polar surface area (TPSA) is 25.8 Å². The second kappa shape index (κ2) is 5.08. The predicted octanol–water partition coefficient (Wildman–Crippen LogP) is 4.63. The number of rotatable bonds is 3. The summed E-state index contributed by atoms with van der Waals surface area (Å²) in [6, 6.07) is 0. The summed E-state index contributed by atoms with van der Waals surface area (Å²) in [5, 5.41) is 2.25. The fraction of sp³-hybridized carbons (Fsp3) is 0.400. The van der Waals surface area contributed by atoms with E-state index >= 15 is 0 Å². The van der Waals surface area contributed by atoms with Gasteiger partial charge in [-0.25, -0.2) is 0 Å². The van der Waals surface area contributed by atoms with Crippen molar-refractivity contribution in [3.63, 3.8) is 0 Å². The normalized spacial score (nSPS) is 11.0. The third kappa shape index (κ3) is 2.45. The van der Waals surface area contributed by atoms with Gasteiger partial charge in [-0.05, 0) is 83.5 Å². The molecular formula is C10H12N2S4. The molecule has 2 heterocycles. The molecule has 0 saturated heterocycles. The van der Waals surface area contributed by atoms with Gasteiger partial charge in [0.05, 0.1) is 0 Å². The van der Waals surface area contributed by atoms with E-state index in [4.69, 9.17) is 0 Å². The molecular weight excluding hydrogens is 276 g/mol. The van der Waals surface area contributed by atoms with Crippen LogP contribution in [-0.2, 0) is 0 Å². The Kier molecular flexibility index (Phi) is 3.94. The molecule has 0 fully saturated rings. The first-order valence-electron chi connectivity index (χ1n) is 4.80. The minimum absolute atomic E-state index is 1.12. The van der Waals surface area contributed by atoms with Crippen molar-refractivity contribution in [3.8, 4) is 0 Å². The summed E-state index contributed by atoms with van der Waals surface area (Å²) < 4.78 is 8.85. The Bertz CT molecular complexity index is 455. The second-order valence-corrected chi connectivity index (χ2v) is 7.57. The molecule has 6 heteroatoms. The van der Waals surface area contributed by atoms with Crippen molar-refractivity contribution < 1.29 is 0 Å². The molecule has 0 unspecified atom stereocenters. The van der Waals surface area contributed by atoms with Crippen molar-refractivity contribution in [2.45, 2.75) is 37.7 Å². The fourth-order valence-electron chi connectivity index (χ4n) is 1.03. The molecule has 2 aromatic rings. The Balaban J connectivity index is 2.08. The third-order valence-corrected chi connectivity index (χ3v) is 6.76. The van der Waals surface area contributed by atoms with Gasteiger partial charge < -0.3 is 0 Å². The maximum atomic E-state index is 4.43. The first kappa shape index (κ1) is 12.4. The largest absolute Gasteiger partial charge is 0.185 e.